The Morgan fingerprint density at radius 2 is 1.78 bits per heavy atom. The third-order valence-corrected chi connectivity index (χ3v) is 5.63. The van der Waals surface area contributed by atoms with Crippen LogP contribution in [0, 0.1) is 0 Å². The molecule has 0 spiro atoms. The van der Waals surface area contributed by atoms with Crippen LogP contribution < -0.4 is 0 Å². The molecule has 1 atom stereocenters. The molecule has 0 N–H and O–H groups in total. The highest BCUT2D eigenvalue weighted by molar-refractivity contribution is 7.82. The van der Waals surface area contributed by atoms with Gasteiger partial charge in [-0.3, -0.25) is 0 Å². The van der Waals surface area contributed by atoms with Crippen molar-refractivity contribution in [1.82, 2.24) is 9.21 Å². The van der Waals surface area contributed by atoms with Crippen LogP contribution in [0.5, 0.6) is 0 Å². The zero-order valence-corrected chi connectivity index (χ0v) is 12.2. The smallest absolute Gasteiger partial charge is 0.127 e. The van der Waals surface area contributed by atoms with Gasteiger partial charge in [-0.1, -0.05) is 18.2 Å². The summed E-state index contributed by atoms with van der Waals surface area (Å²) >= 11 is 0. The highest BCUT2D eigenvalue weighted by atomic mass is 32.2. The van der Waals surface area contributed by atoms with Crippen LogP contribution in [0.3, 0.4) is 0 Å². The summed E-state index contributed by atoms with van der Waals surface area (Å²) in [5.41, 5.74) is 0.0349. The van der Waals surface area contributed by atoms with Crippen LogP contribution in [0.25, 0.3) is 0 Å². The summed E-state index contributed by atoms with van der Waals surface area (Å²) in [6.07, 6.45) is 2.14. The number of benzene rings is 1. The third-order valence-electron chi connectivity index (χ3n) is 4.02. The highest BCUT2D eigenvalue weighted by Gasteiger charge is 2.35. The van der Waals surface area contributed by atoms with E-state index < -0.39 is 11.0 Å². The van der Waals surface area contributed by atoms with E-state index in [1.807, 2.05) is 41.7 Å². The largest absolute Gasteiger partial charge is 0.306 e. The molecule has 0 aliphatic carbocycles. The molecular formula is C14H22N2OS. The maximum absolute atomic E-state index is 12.6. The molecule has 1 aliphatic heterocycles. The lowest BCUT2D eigenvalue weighted by molar-refractivity contribution is 0.124. The van der Waals surface area contributed by atoms with Crippen molar-refractivity contribution in [2.45, 2.75) is 30.2 Å². The minimum Gasteiger partial charge on any atom is -0.306 e. The Morgan fingerprint density at radius 1 is 1.22 bits per heavy atom. The van der Waals surface area contributed by atoms with Gasteiger partial charge in [0, 0.05) is 12.6 Å². The fraction of sp³-hybridized carbons (Fsp3) is 0.571. The third kappa shape index (κ3) is 2.82. The van der Waals surface area contributed by atoms with Crippen molar-refractivity contribution in [2.24, 2.45) is 0 Å². The van der Waals surface area contributed by atoms with Gasteiger partial charge in [0.1, 0.15) is 11.0 Å². The molecule has 1 aromatic rings. The first-order valence-electron chi connectivity index (χ1n) is 6.42. The van der Waals surface area contributed by atoms with Crippen LogP contribution in [0.15, 0.2) is 35.2 Å². The summed E-state index contributed by atoms with van der Waals surface area (Å²) < 4.78 is 14.6. The molecule has 3 nitrogen and oxygen atoms in total. The second-order valence-corrected chi connectivity index (χ2v) is 6.88. The van der Waals surface area contributed by atoms with Gasteiger partial charge >= 0.3 is 0 Å². The molecule has 1 aliphatic rings. The molecule has 0 radical (unpaired) electrons. The predicted octanol–water partition coefficient (Wildman–Crippen LogP) is 2.13. The van der Waals surface area contributed by atoms with E-state index in [1.54, 1.807) is 0 Å². The van der Waals surface area contributed by atoms with Gasteiger partial charge in [0.25, 0.3) is 0 Å². The van der Waals surface area contributed by atoms with Crippen LogP contribution in [0.4, 0.5) is 0 Å². The molecule has 0 amide bonds. The summed E-state index contributed by atoms with van der Waals surface area (Å²) in [4.78, 5) is 3.22. The minimum atomic E-state index is -1.06. The van der Waals surface area contributed by atoms with Gasteiger partial charge in [-0.05, 0) is 52.0 Å². The SMILES string of the molecule is CN1CCC(C)(N(C)S(=O)c2ccccc2)CC1. The van der Waals surface area contributed by atoms with E-state index in [4.69, 9.17) is 0 Å². The first-order chi connectivity index (χ1) is 8.53. The van der Waals surface area contributed by atoms with E-state index in [-0.39, 0.29) is 5.54 Å². The van der Waals surface area contributed by atoms with Crippen molar-refractivity contribution in [1.29, 1.82) is 0 Å². The van der Waals surface area contributed by atoms with Gasteiger partial charge in [0.2, 0.25) is 0 Å². The Labute approximate surface area is 112 Å². The highest BCUT2D eigenvalue weighted by Crippen LogP contribution is 2.29. The van der Waals surface area contributed by atoms with E-state index in [0.29, 0.717) is 0 Å². The second-order valence-electron chi connectivity index (χ2n) is 5.36. The topological polar surface area (TPSA) is 23.6 Å². The first-order valence-corrected chi connectivity index (χ1v) is 7.53. The Morgan fingerprint density at radius 3 is 2.33 bits per heavy atom. The number of likely N-dealkylation sites (tertiary alicyclic amines) is 1. The van der Waals surface area contributed by atoms with Crippen LogP contribution in [-0.2, 0) is 11.0 Å². The molecule has 1 saturated heterocycles. The summed E-state index contributed by atoms with van der Waals surface area (Å²) in [6.45, 7) is 4.38. The quantitative estimate of drug-likeness (QED) is 0.837. The summed E-state index contributed by atoms with van der Waals surface area (Å²) in [6, 6.07) is 9.71. The zero-order valence-electron chi connectivity index (χ0n) is 11.4. The number of piperidine rings is 1. The summed E-state index contributed by atoms with van der Waals surface area (Å²) in [7, 11) is 3.07. The predicted molar refractivity (Wildman–Crippen MR) is 75.7 cm³/mol. The normalized spacial score (nSPS) is 22.0. The van der Waals surface area contributed by atoms with Gasteiger partial charge in [0.05, 0.1) is 4.90 Å². The van der Waals surface area contributed by atoms with Crippen LogP contribution in [0.1, 0.15) is 19.8 Å². The molecular weight excluding hydrogens is 244 g/mol. The average Bonchev–Trinajstić information content (AvgIpc) is 2.41. The molecule has 1 fully saturated rings. The maximum atomic E-state index is 12.6. The summed E-state index contributed by atoms with van der Waals surface area (Å²) in [5, 5.41) is 0. The van der Waals surface area contributed by atoms with E-state index >= 15 is 0 Å². The molecule has 0 saturated carbocycles. The lowest BCUT2D eigenvalue weighted by atomic mass is 9.90. The molecule has 18 heavy (non-hydrogen) atoms. The number of nitrogens with zero attached hydrogens (tertiary/aromatic N) is 2. The van der Waals surface area contributed by atoms with Crippen molar-refractivity contribution in [3.8, 4) is 0 Å². The van der Waals surface area contributed by atoms with Crippen LogP contribution >= 0.6 is 0 Å². The lowest BCUT2D eigenvalue weighted by Crippen LogP contribution is -2.51. The Kier molecular flexibility index (Phi) is 4.20. The molecule has 4 heteroatoms. The molecule has 2 rings (SSSR count). The first kappa shape index (κ1) is 13.7. The van der Waals surface area contributed by atoms with E-state index in [1.165, 1.54) is 0 Å². The summed E-state index contributed by atoms with van der Waals surface area (Å²) in [5.74, 6) is 0. The second kappa shape index (κ2) is 5.51. The van der Waals surface area contributed by atoms with Crippen LogP contribution in [0.2, 0.25) is 0 Å². The lowest BCUT2D eigenvalue weighted by Gasteiger charge is -2.43. The molecule has 0 aromatic heterocycles. The Balaban J connectivity index is 2.11. The average molecular weight is 266 g/mol. The van der Waals surface area contributed by atoms with Crippen molar-refractivity contribution in [2.75, 3.05) is 27.2 Å². The minimum absolute atomic E-state index is 0.0349. The molecule has 1 heterocycles. The monoisotopic (exact) mass is 266 g/mol. The fourth-order valence-electron chi connectivity index (χ4n) is 2.31. The Bertz CT molecular complexity index is 413. The number of rotatable bonds is 3. The maximum Gasteiger partial charge on any atom is 0.127 e. The number of hydrogen-bond acceptors (Lipinski definition) is 2. The fourth-order valence-corrected chi connectivity index (χ4v) is 3.60. The van der Waals surface area contributed by atoms with Gasteiger partial charge in [0.15, 0.2) is 0 Å². The van der Waals surface area contributed by atoms with E-state index in [9.17, 15) is 4.21 Å². The van der Waals surface area contributed by atoms with Crippen molar-refractivity contribution < 1.29 is 4.21 Å². The van der Waals surface area contributed by atoms with Crippen molar-refractivity contribution in [3.63, 3.8) is 0 Å². The van der Waals surface area contributed by atoms with Gasteiger partial charge in [-0.15, -0.1) is 0 Å². The van der Waals surface area contributed by atoms with Crippen molar-refractivity contribution >= 4 is 11.0 Å². The number of hydrogen-bond donors (Lipinski definition) is 0. The molecule has 1 aromatic carbocycles. The molecule has 100 valence electrons. The van der Waals surface area contributed by atoms with Gasteiger partial charge in [-0.2, -0.15) is 0 Å². The van der Waals surface area contributed by atoms with Gasteiger partial charge in [-0.25, -0.2) is 8.51 Å². The van der Waals surface area contributed by atoms with E-state index in [0.717, 1.165) is 30.8 Å². The Hall–Kier alpha value is -0.710. The molecule has 0 bridgehead atoms. The van der Waals surface area contributed by atoms with Gasteiger partial charge < -0.3 is 4.90 Å². The van der Waals surface area contributed by atoms with E-state index in [2.05, 4.69) is 18.9 Å². The zero-order chi connectivity index (χ0) is 13.2. The molecule has 1 unspecified atom stereocenters. The van der Waals surface area contributed by atoms with Crippen LogP contribution in [-0.4, -0.2) is 46.1 Å². The standard InChI is InChI=1S/C14H22N2OS/c1-14(9-11-15(2)12-10-14)16(3)18(17)13-7-5-4-6-8-13/h4-8H,9-12H2,1-3H3. The van der Waals surface area contributed by atoms with Crippen molar-refractivity contribution in [3.05, 3.63) is 30.3 Å².